The highest BCUT2D eigenvalue weighted by molar-refractivity contribution is 6.42. The van der Waals surface area contributed by atoms with Gasteiger partial charge in [0.25, 0.3) is 5.69 Å². The van der Waals surface area contributed by atoms with Gasteiger partial charge in [0.2, 0.25) is 11.8 Å². The SMILES string of the molecule is CCNC(=O)C(Cc1ccccc1)N(Cc1ccc(Cl)c(Cl)c1)C(=O)Cc1ccccc1[N+](=O)[O-]. The summed E-state index contributed by atoms with van der Waals surface area (Å²) in [5.41, 5.74) is 1.68. The number of likely N-dealkylation sites (N-methyl/N-ethyl adjacent to an activating group) is 1. The number of nitro benzene ring substituents is 1. The number of hydrogen-bond donors (Lipinski definition) is 1. The van der Waals surface area contributed by atoms with Gasteiger partial charge in [0, 0.05) is 31.1 Å². The van der Waals surface area contributed by atoms with Crippen molar-refractivity contribution in [3.63, 3.8) is 0 Å². The van der Waals surface area contributed by atoms with Gasteiger partial charge in [-0.25, -0.2) is 0 Å². The largest absolute Gasteiger partial charge is 0.355 e. The maximum absolute atomic E-state index is 13.6. The first-order valence-corrected chi connectivity index (χ1v) is 11.8. The van der Waals surface area contributed by atoms with Gasteiger partial charge < -0.3 is 10.2 Å². The van der Waals surface area contributed by atoms with Crippen LogP contribution in [0.3, 0.4) is 0 Å². The molecule has 0 spiro atoms. The van der Waals surface area contributed by atoms with Crippen LogP contribution in [0.25, 0.3) is 0 Å². The minimum Gasteiger partial charge on any atom is -0.355 e. The zero-order valence-corrected chi connectivity index (χ0v) is 20.6. The minimum atomic E-state index is -0.845. The lowest BCUT2D eigenvalue weighted by molar-refractivity contribution is -0.385. The fourth-order valence-corrected chi connectivity index (χ4v) is 4.10. The molecule has 0 fully saturated rings. The van der Waals surface area contributed by atoms with E-state index in [1.165, 1.54) is 11.0 Å². The van der Waals surface area contributed by atoms with Crippen molar-refractivity contribution in [3.8, 4) is 0 Å². The third kappa shape index (κ3) is 7.04. The number of rotatable bonds is 10. The maximum Gasteiger partial charge on any atom is 0.273 e. The molecule has 0 heterocycles. The van der Waals surface area contributed by atoms with Crippen LogP contribution in [0, 0.1) is 10.1 Å². The van der Waals surface area contributed by atoms with Crippen molar-refractivity contribution in [1.82, 2.24) is 10.2 Å². The van der Waals surface area contributed by atoms with Crippen molar-refractivity contribution in [1.29, 1.82) is 0 Å². The normalized spacial score (nSPS) is 11.5. The van der Waals surface area contributed by atoms with Gasteiger partial charge in [-0.1, -0.05) is 77.8 Å². The molecule has 2 amide bonds. The number of nitrogens with one attached hydrogen (secondary N) is 1. The molecule has 3 rings (SSSR count). The summed E-state index contributed by atoms with van der Waals surface area (Å²) in [4.78, 5) is 39.2. The summed E-state index contributed by atoms with van der Waals surface area (Å²) in [7, 11) is 0. The van der Waals surface area contributed by atoms with E-state index in [0.717, 1.165) is 5.56 Å². The molecule has 0 aromatic heterocycles. The fraction of sp³-hybridized carbons (Fsp3) is 0.231. The number of benzene rings is 3. The lowest BCUT2D eigenvalue weighted by atomic mass is 10.0. The number of amides is 2. The van der Waals surface area contributed by atoms with Gasteiger partial charge in [-0.05, 0) is 30.2 Å². The number of hydrogen-bond acceptors (Lipinski definition) is 4. The first-order valence-electron chi connectivity index (χ1n) is 11.1. The molecule has 0 saturated carbocycles. The predicted octanol–water partition coefficient (Wildman–Crippen LogP) is 5.22. The summed E-state index contributed by atoms with van der Waals surface area (Å²) < 4.78 is 0. The molecule has 0 aliphatic heterocycles. The van der Waals surface area contributed by atoms with Crippen LogP contribution in [0.15, 0.2) is 72.8 Å². The first-order chi connectivity index (χ1) is 16.8. The van der Waals surface area contributed by atoms with E-state index >= 15 is 0 Å². The van der Waals surface area contributed by atoms with E-state index in [2.05, 4.69) is 5.32 Å². The van der Waals surface area contributed by atoms with E-state index in [0.29, 0.717) is 22.2 Å². The molecule has 1 N–H and O–H groups in total. The summed E-state index contributed by atoms with van der Waals surface area (Å²) in [6, 6.07) is 19.6. The number of halogens is 2. The molecule has 0 saturated heterocycles. The molecule has 0 aliphatic carbocycles. The van der Waals surface area contributed by atoms with Crippen molar-refractivity contribution in [2.75, 3.05) is 6.54 Å². The highest BCUT2D eigenvalue weighted by Gasteiger charge is 2.31. The highest BCUT2D eigenvalue weighted by Crippen LogP contribution is 2.25. The van der Waals surface area contributed by atoms with E-state index < -0.39 is 16.9 Å². The van der Waals surface area contributed by atoms with Gasteiger partial charge in [-0.3, -0.25) is 19.7 Å². The van der Waals surface area contributed by atoms with Gasteiger partial charge in [0.1, 0.15) is 6.04 Å². The van der Waals surface area contributed by atoms with E-state index in [1.807, 2.05) is 30.3 Å². The lowest BCUT2D eigenvalue weighted by Gasteiger charge is -2.31. The average Bonchev–Trinajstić information content (AvgIpc) is 2.84. The Morgan fingerprint density at radius 2 is 1.66 bits per heavy atom. The van der Waals surface area contributed by atoms with E-state index in [4.69, 9.17) is 23.2 Å². The van der Waals surface area contributed by atoms with Crippen LogP contribution in [0.1, 0.15) is 23.6 Å². The first kappa shape index (κ1) is 26.2. The molecule has 7 nitrogen and oxygen atoms in total. The quantitative estimate of drug-likeness (QED) is 0.297. The summed E-state index contributed by atoms with van der Waals surface area (Å²) in [5.74, 6) is -0.732. The second-order valence-corrected chi connectivity index (χ2v) is 8.75. The average molecular weight is 514 g/mol. The zero-order chi connectivity index (χ0) is 25.4. The van der Waals surface area contributed by atoms with Crippen LogP contribution in [-0.2, 0) is 29.0 Å². The van der Waals surface area contributed by atoms with E-state index in [1.54, 1.807) is 43.3 Å². The molecule has 9 heteroatoms. The molecule has 3 aromatic rings. The Bertz CT molecular complexity index is 1200. The molecule has 0 radical (unpaired) electrons. The standard InChI is InChI=1S/C26H25Cl2N3O4/c1-2-29-26(33)24(15-18-8-4-3-5-9-18)30(17-19-12-13-21(27)22(28)14-19)25(32)16-20-10-6-7-11-23(20)31(34)35/h3-14,24H,2,15-17H2,1H3,(H,29,33). The minimum absolute atomic E-state index is 0.0744. The van der Waals surface area contributed by atoms with Crippen LogP contribution < -0.4 is 5.32 Å². The monoisotopic (exact) mass is 513 g/mol. The molecule has 3 aromatic carbocycles. The fourth-order valence-electron chi connectivity index (χ4n) is 3.78. The van der Waals surface area contributed by atoms with Crippen molar-refractivity contribution >= 4 is 40.7 Å². The number of nitrogens with zero attached hydrogens (tertiary/aromatic N) is 2. The van der Waals surface area contributed by atoms with Crippen molar-refractivity contribution in [3.05, 3.63) is 110 Å². The predicted molar refractivity (Wildman–Crippen MR) is 136 cm³/mol. The van der Waals surface area contributed by atoms with Crippen molar-refractivity contribution in [2.24, 2.45) is 0 Å². The Balaban J connectivity index is 2.01. The maximum atomic E-state index is 13.6. The molecule has 1 unspecified atom stereocenters. The third-order valence-electron chi connectivity index (χ3n) is 5.49. The Hall–Kier alpha value is -3.42. The van der Waals surface area contributed by atoms with Gasteiger partial charge in [-0.15, -0.1) is 0 Å². The number of carbonyl (C=O) groups excluding carboxylic acids is 2. The number of carbonyl (C=O) groups is 2. The van der Waals surface area contributed by atoms with E-state index in [9.17, 15) is 19.7 Å². The summed E-state index contributed by atoms with van der Waals surface area (Å²) in [5, 5.41) is 15.0. The molecule has 0 aliphatic rings. The second kappa shape index (κ2) is 12.3. The van der Waals surface area contributed by atoms with Crippen LogP contribution in [-0.4, -0.2) is 34.2 Å². The number of nitro groups is 1. The highest BCUT2D eigenvalue weighted by atomic mass is 35.5. The Morgan fingerprint density at radius 3 is 2.31 bits per heavy atom. The van der Waals surface area contributed by atoms with Crippen LogP contribution >= 0.6 is 23.2 Å². The van der Waals surface area contributed by atoms with Gasteiger partial charge in [0.15, 0.2) is 0 Å². The van der Waals surface area contributed by atoms with Gasteiger partial charge in [0.05, 0.1) is 21.4 Å². The summed E-state index contributed by atoms with van der Waals surface area (Å²) in [6.07, 6.45) is 0.0415. The van der Waals surface area contributed by atoms with Gasteiger partial charge >= 0.3 is 0 Å². The molecule has 35 heavy (non-hydrogen) atoms. The summed E-state index contributed by atoms with van der Waals surface area (Å²) in [6.45, 7) is 2.27. The Labute approximate surface area is 213 Å². The summed E-state index contributed by atoms with van der Waals surface area (Å²) >= 11 is 12.2. The van der Waals surface area contributed by atoms with Crippen molar-refractivity contribution in [2.45, 2.75) is 32.4 Å². The smallest absolute Gasteiger partial charge is 0.273 e. The molecule has 0 bridgehead atoms. The Kier molecular flexibility index (Phi) is 9.23. The van der Waals surface area contributed by atoms with Crippen LogP contribution in [0.4, 0.5) is 5.69 Å². The third-order valence-corrected chi connectivity index (χ3v) is 6.23. The Morgan fingerprint density at radius 1 is 0.971 bits per heavy atom. The molecule has 182 valence electrons. The topological polar surface area (TPSA) is 92.6 Å². The lowest BCUT2D eigenvalue weighted by Crippen LogP contribution is -2.51. The number of para-hydroxylation sites is 1. The molecular weight excluding hydrogens is 489 g/mol. The van der Waals surface area contributed by atoms with E-state index in [-0.39, 0.29) is 36.5 Å². The second-order valence-electron chi connectivity index (χ2n) is 7.93. The van der Waals surface area contributed by atoms with Crippen LogP contribution in [0.2, 0.25) is 10.0 Å². The molecule has 1 atom stereocenters. The van der Waals surface area contributed by atoms with Crippen molar-refractivity contribution < 1.29 is 14.5 Å². The van der Waals surface area contributed by atoms with Gasteiger partial charge in [-0.2, -0.15) is 0 Å². The zero-order valence-electron chi connectivity index (χ0n) is 19.1. The molecular formula is C26H25Cl2N3O4. The van der Waals surface area contributed by atoms with Crippen LogP contribution in [0.5, 0.6) is 0 Å².